The summed E-state index contributed by atoms with van der Waals surface area (Å²) in [6, 6.07) is 8.94. The molecule has 0 unspecified atom stereocenters. The number of carbonyl (C=O) groups excluding carboxylic acids is 1. The summed E-state index contributed by atoms with van der Waals surface area (Å²) in [7, 11) is 0. The van der Waals surface area contributed by atoms with E-state index in [0.717, 1.165) is 30.9 Å². The van der Waals surface area contributed by atoms with Crippen LogP contribution in [-0.2, 0) is 9.53 Å². The number of nitrogens with one attached hydrogen (secondary N) is 1. The third kappa shape index (κ3) is 5.50. The quantitative estimate of drug-likeness (QED) is 0.811. The Kier molecular flexibility index (Phi) is 6.42. The number of nitriles is 1. The average Bonchev–Trinajstić information content (AvgIpc) is 2.54. The number of benzene rings is 1. The van der Waals surface area contributed by atoms with Crippen LogP contribution in [0.5, 0.6) is 0 Å². The standard InChI is InChI=1S/C18H24N2O2/c1-14-4-10-17(11-5-14)22-12-2-3-18(21)20-16-8-6-15(13-19)7-9-16/h6-9,14,17H,2-5,10-12H2,1H3,(H,20,21). The molecule has 1 aliphatic carbocycles. The molecule has 0 spiro atoms. The van der Waals surface area contributed by atoms with Gasteiger partial charge in [0.2, 0.25) is 5.91 Å². The number of nitrogens with zero attached hydrogens (tertiary/aromatic N) is 1. The lowest BCUT2D eigenvalue weighted by molar-refractivity contribution is -0.116. The van der Waals surface area contributed by atoms with Crippen molar-refractivity contribution >= 4 is 11.6 Å². The van der Waals surface area contributed by atoms with E-state index in [0.29, 0.717) is 24.7 Å². The van der Waals surface area contributed by atoms with Crippen LogP contribution in [0.2, 0.25) is 0 Å². The van der Waals surface area contributed by atoms with Gasteiger partial charge in [0.1, 0.15) is 0 Å². The first-order chi connectivity index (χ1) is 10.7. The molecule has 118 valence electrons. The van der Waals surface area contributed by atoms with E-state index in [2.05, 4.69) is 18.3 Å². The third-order valence-corrected chi connectivity index (χ3v) is 4.16. The van der Waals surface area contributed by atoms with Crippen molar-refractivity contribution in [1.82, 2.24) is 0 Å². The summed E-state index contributed by atoms with van der Waals surface area (Å²) in [6.45, 7) is 2.95. The van der Waals surface area contributed by atoms with Crippen molar-refractivity contribution in [1.29, 1.82) is 5.26 Å². The molecule has 1 saturated carbocycles. The number of hydrogen-bond donors (Lipinski definition) is 1. The molecule has 1 fully saturated rings. The van der Waals surface area contributed by atoms with Crippen molar-refractivity contribution in [3.05, 3.63) is 29.8 Å². The fraction of sp³-hybridized carbons (Fsp3) is 0.556. The van der Waals surface area contributed by atoms with Crippen molar-refractivity contribution in [2.45, 2.75) is 51.6 Å². The van der Waals surface area contributed by atoms with Gasteiger partial charge in [0.15, 0.2) is 0 Å². The number of anilines is 1. The minimum absolute atomic E-state index is 0.00873. The Balaban J connectivity index is 1.60. The number of amides is 1. The molecule has 0 radical (unpaired) electrons. The van der Waals surface area contributed by atoms with E-state index in [9.17, 15) is 4.79 Å². The number of rotatable bonds is 6. The maximum absolute atomic E-state index is 11.8. The molecule has 22 heavy (non-hydrogen) atoms. The number of carbonyl (C=O) groups is 1. The van der Waals surface area contributed by atoms with Crippen LogP contribution in [0.25, 0.3) is 0 Å². The van der Waals surface area contributed by atoms with Crippen molar-refractivity contribution in [2.24, 2.45) is 5.92 Å². The Bertz CT molecular complexity index is 511. The van der Waals surface area contributed by atoms with Gasteiger partial charge in [0.25, 0.3) is 0 Å². The van der Waals surface area contributed by atoms with Gasteiger partial charge in [0.05, 0.1) is 17.7 Å². The Hall–Kier alpha value is -1.86. The van der Waals surface area contributed by atoms with Crippen LogP contribution in [0, 0.1) is 17.2 Å². The van der Waals surface area contributed by atoms with Crippen molar-refractivity contribution < 1.29 is 9.53 Å². The molecule has 0 atom stereocenters. The third-order valence-electron chi connectivity index (χ3n) is 4.16. The van der Waals surface area contributed by atoms with Gasteiger partial charge in [-0.25, -0.2) is 0 Å². The first kappa shape index (κ1) is 16.5. The van der Waals surface area contributed by atoms with E-state index in [4.69, 9.17) is 10.00 Å². The molecule has 1 aromatic carbocycles. The molecule has 0 bridgehead atoms. The highest BCUT2D eigenvalue weighted by molar-refractivity contribution is 5.90. The zero-order chi connectivity index (χ0) is 15.8. The predicted octanol–water partition coefficient (Wildman–Crippen LogP) is 3.87. The molecule has 1 amide bonds. The summed E-state index contributed by atoms with van der Waals surface area (Å²) >= 11 is 0. The van der Waals surface area contributed by atoms with E-state index in [1.807, 2.05) is 0 Å². The summed E-state index contributed by atoms with van der Waals surface area (Å²) in [5.41, 5.74) is 1.32. The highest BCUT2D eigenvalue weighted by Crippen LogP contribution is 2.25. The van der Waals surface area contributed by atoms with Crippen LogP contribution >= 0.6 is 0 Å². The van der Waals surface area contributed by atoms with Gasteiger partial charge in [-0.15, -0.1) is 0 Å². The highest BCUT2D eigenvalue weighted by Gasteiger charge is 2.18. The van der Waals surface area contributed by atoms with E-state index in [1.54, 1.807) is 24.3 Å². The van der Waals surface area contributed by atoms with Crippen LogP contribution in [0.15, 0.2) is 24.3 Å². The lowest BCUT2D eigenvalue weighted by atomic mass is 9.89. The minimum atomic E-state index is -0.00873. The Morgan fingerprint density at radius 1 is 1.27 bits per heavy atom. The van der Waals surface area contributed by atoms with Gasteiger partial charge in [0, 0.05) is 18.7 Å². The van der Waals surface area contributed by atoms with Crippen LogP contribution < -0.4 is 5.32 Å². The second kappa shape index (κ2) is 8.55. The molecule has 0 aromatic heterocycles. The van der Waals surface area contributed by atoms with Crippen LogP contribution in [0.4, 0.5) is 5.69 Å². The van der Waals surface area contributed by atoms with E-state index in [-0.39, 0.29) is 5.91 Å². The van der Waals surface area contributed by atoms with E-state index in [1.165, 1.54) is 12.8 Å². The topological polar surface area (TPSA) is 62.1 Å². The lowest BCUT2D eigenvalue weighted by Crippen LogP contribution is -2.21. The van der Waals surface area contributed by atoms with Crippen LogP contribution in [-0.4, -0.2) is 18.6 Å². The van der Waals surface area contributed by atoms with Crippen molar-refractivity contribution in [3.8, 4) is 6.07 Å². The molecular weight excluding hydrogens is 276 g/mol. The fourth-order valence-electron chi connectivity index (χ4n) is 2.73. The fourth-order valence-corrected chi connectivity index (χ4v) is 2.73. The number of hydrogen-bond acceptors (Lipinski definition) is 3. The minimum Gasteiger partial charge on any atom is -0.378 e. The normalized spacial score (nSPS) is 21.1. The first-order valence-electron chi connectivity index (χ1n) is 8.09. The van der Waals surface area contributed by atoms with E-state index >= 15 is 0 Å². The zero-order valence-electron chi connectivity index (χ0n) is 13.2. The first-order valence-corrected chi connectivity index (χ1v) is 8.09. The molecule has 4 heteroatoms. The Morgan fingerprint density at radius 2 is 1.95 bits per heavy atom. The summed E-state index contributed by atoms with van der Waals surface area (Å²) in [5, 5.41) is 11.6. The van der Waals surface area contributed by atoms with Gasteiger partial charge < -0.3 is 10.1 Å². The van der Waals surface area contributed by atoms with Crippen molar-refractivity contribution in [2.75, 3.05) is 11.9 Å². The summed E-state index contributed by atoms with van der Waals surface area (Å²) < 4.78 is 5.85. The van der Waals surface area contributed by atoms with E-state index < -0.39 is 0 Å². The average molecular weight is 300 g/mol. The Morgan fingerprint density at radius 3 is 2.59 bits per heavy atom. The monoisotopic (exact) mass is 300 g/mol. The summed E-state index contributed by atoms with van der Waals surface area (Å²) in [5.74, 6) is 0.823. The molecule has 0 heterocycles. The summed E-state index contributed by atoms with van der Waals surface area (Å²) in [6.07, 6.45) is 6.40. The largest absolute Gasteiger partial charge is 0.378 e. The van der Waals surface area contributed by atoms with Gasteiger partial charge in [-0.3, -0.25) is 4.79 Å². The molecule has 0 saturated heterocycles. The molecule has 4 nitrogen and oxygen atoms in total. The molecular formula is C18H24N2O2. The maximum Gasteiger partial charge on any atom is 0.224 e. The highest BCUT2D eigenvalue weighted by atomic mass is 16.5. The Labute approximate surface area is 132 Å². The molecule has 1 aliphatic rings. The maximum atomic E-state index is 11.8. The SMILES string of the molecule is CC1CCC(OCCCC(=O)Nc2ccc(C#N)cc2)CC1. The van der Waals surface area contributed by atoms with Gasteiger partial charge >= 0.3 is 0 Å². The lowest BCUT2D eigenvalue weighted by Gasteiger charge is -2.26. The van der Waals surface area contributed by atoms with Gasteiger partial charge in [-0.1, -0.05) is 6.92 Å². The number of ether oxygens (including phenoxy) is 1. The van der Waals surface area contributed by atoms with Crippen LogP contribution in [0.1, 0.15) is 51.0 Å². The molecule has 1 aromatic rings. The van der Waals surface area contributed by atoms with Gasteiger partial charge in [-0.2, -0.15) is 5.26 Å². The van der Waals surface area contributed by atoms with Crippen molar-refractivity contribution in [3.63, 3.8) is 0 Å². The molecule has 1 N–H and O–H groups in total. The predicted molar refractivity (Wildman–Crippen MR) is 86.4 cm³/mol. The molecule has 0 aliphatic heterocycles. The molecule has 2 rings (SSSR count). The van der Waals surface area contributed by atoms with Gasteiger partial charge in [-0.05, 0) is 62.3 Å². The van der Waals surface area contributed by atoms with Crippen LogP contribution in [0.3, 0.4) is 0 Å². The smallest absolute Gasteiger partial charge is 0.224 e. The summed E-state index contributed by atoms with van der Waals surface area (Å²) in [4.78, 5) is 11.8. The zero-order valence-corrected chi connectivity index (χ0v) is 13.2. The second-order valence-corrected chi connectivity index (χ2v) is 6.09. The second-order valence-electron chi connectivity index (χ2n) is 6.09.